The van der Waals surface area contributed by atoms with Gasteiger partial charge in [-0.25, -0.2) is 0 Å². The lowest BCUT2D eigenvalue weighted by Gasteiger charge is -2.22. The van der Waals surface area contributed by atoms with Gasteiger partial charge in [0.1, 0.15) is 5.82 Å². The molecule has 1 saturated heterocycles. The first kappa shape index (κ1) is 13.0. The van der Waals surface area contributed by atoms with E-state index < -0.39 is 0 Å². The highest BCUT2D eigenvalue weighted by Crippen LogP contribution is 2.13. The molecule has 0 spiro atoms. The summed E-state index contributed by atoms with van der Waals surface area (Å²) in [7, 11) is 0. The number of aromatic nitrogens is 3. The van der Waals surface area contributed by atoms with Gasteiger partial charge in [-0.05, 0) is 54.0 Å². The zero-order chi connectivity index (χ0) is 13.1. The van der Waals surface area contributed by atoms with Crippen LogP contribution >= 0.6 is 15.9 Å². The normalized spacial score (nSPS) is 17.1. The van der Waals surface area contributed by atoms with Crippen LogP contribution in [0.3, 0.4) is 0 Å². The van der Waals surface area contributed by atoms with Crippen LogP contribution in [-0.2, 0) is 11.2 Å². The van der Waals surface area contributed by atoms with Gasteiger partial charge in [-0.3, -0.25) is 4.40 Å². The summed E-state index contributed by atoms with van der Waals surface area (Å²) in [5.41, 5.74) is 0.875. The van der Waals surface area contributed by atoms with Crippen LogP contribution in [0.5, 0.6) is 0 Å². The van der Waals surface area contributed by atoms with Gasteiger partial charge in [0.15, 0.2) is 5.65 Å². The molecule has 2 aromatic heterocycles. The minimum Gasteiger partial charge on any atom is -0.378 e. The van der Waals surface area contributed by atoms with E-state index in [-0.39, 0.29) is 0 Å². The van der Waals surface area contributed by atoms with Crippen molar-refractivity contribution in [2.75, 3.05) is 19.7 Å². The second kappa shape index (κ2) is 5.98. The third-order valence-corrected chi connectivity index (χ3v) is 3.87. The number of hydrogen-bond donors (Lipinski definition) is 1. The molecule has 1 aliphatic heterocycles. The van der Waals surface area contributed by atoms with Crippen molar-refractivity contribution < 1.29 is 4.74 Å². The number of piperidine rings is 1. The molecule has 1 fully saturated rings. The summed E-state index contributed by atoms with van der Waals surface area (Å²) in [6.07, 6.45) is 5.39. The highest BCUT2D eigenvalue weighted by molar-refractivity contribution is 9.10. The molecule has 2 aromatic rings. The third kappa shape index (κ3) is 3.13. The van der Waals surface area contributed by atoms with Crippen molar-refractivity contribution in [1.29, 1.82) is 0 Å². The van der Waals surface area contributed by atoms with Crippen molar-refractivity contribution >= 4 is 21.6 Å². The van der Waals surface area contributed by atoms with Crippen molar-refractivity contribution in [1.82, 2.24) is 19.9 Å². The van der Waals surface area contributed by atoms with E-state index in [0.29, 0.717) is 12.7 Å². The highest BCUT2D eigenvalue weighted by Gasteiger charge is 2.13. The topological polar surface area (TPSA) is 51.5 Å². The summed E-state index contributed by atoms with van der Waals surface area (Å²) < 4.78 is 8.94. The quantitative estimate of drug-likeness (QED) is 0.931. The van der Waals surface area contributed by atoms with E-state index in [0.717, 1.165) is 48.3 Å². The van der Waals surface area contributed by atoms with Gasteiger partial charge in [-0.15, -0.1) is 10.2 Å². The molecule has 5 nitrogen and oxygen atoms in total. The first-order chi connectivity index (χ1) is 9.33. The molecular formula is C13H17BrN4O. The molecule has 1 aliphatic rings. The predicted molar refractivity (Wildman–Crippen MR) is 76.2 cm³/mol. The summed E-state index contributed by atoms with van der Waals surface area (Å²) in [4.78, 5) is 0. The molecule has 0 atom stereocenters. The largest absolute Gasteiger partial charge is 0.378 e. The number of ether oxygens (including phenoxy) is 1. The van der Waals surface area contributed by atoms with Crippen LogP contribution in [0.1, 0.15) is 18.7 Å². The number of hydrogen-bond acceptors (Lipinski definition) is 4. The Morgan fingerprint density at radius 3 is 3.00 bits per heavy atom. The van der Waals surface area contributed by atoms with Crippen molar-refractivity contribution in [3.63, 3.8) is 0 Å². The zero-order valence-electron chi connectivity index (χ0n) is 10.7. The fourth-order valence-corrected chi connectivity index (χ4v) is 2.70. The number of nitrogens with zero attached hydrogens (tertiary/aromatic N) is 3. The van der Waals surface area contributed by atoms with Crippen molar-refractivity contribution in [2.24, 2.45) is 0 Å². The maximum atomic E-state index is 5.90. The number of rotatable bonds is 4. The molecule has 0 saturated carbocycles. The van der Waals surface area contributed by atoms with Crippen molar-refractivity contribution in [3.05, 3.63) is 28.6 Å². The smallest absolute Gasteiger partial charge is 0.160 e. The molecule has 102 valence electrons. The minimum atomic E-state index is 0.396. The Balaban J connectivity index is 1.60. The highest BCUT2D eigenvalue weighted by atomic mass is 79.9. The van der Waals surface area contributed by atoms with Gasteiger partial charge in [-0.2, -0.15) is 0 Å². The second-order valence-corrected chi connectivity index (χ2v) is 5.68. The molecule has 0 unspecified atom stereocenters. The van der Waals surface area contributed by atoms with Crippen molar-refractivity contribution in [3.8, 4) is 0 Å². The van der Waals surface area contributed by atoms with E-state index in [1.165, 1.54) is 0 Å². The Morgan fingerprint density at radius 2 is 2.16 bits per heavy atom. The van der Waals surface area contributed by atoms with Crippen LogP contribution < -0.4 is 5.32 Å². The molecule has 6 heteroatoms. The summed E-state index contributed by atoms with van der Waals surface area (Å²) in [6.45, 7) is 2.83. The molecule has 3 heterocycles. The van der Waals surface area contributed by atoms with Crippen LogP contribution in [0.15, 0.2) is 22.8 Å². The molecule has 0 aliphatic carbocycles. The van der Waals surface area contributed by atoms with Gasteiger partial charge in [0.05, 0.1) is 12.7 Å². The van der Waals surface area contributed by atoms with Crippen LogP contribution in [0, 0.1) is 0 Å². The van der Waals surface area contributed by atoms with Gasteiger partial charge >= 0.3 is 0 Å². The van der Waals surface area contributed by atoms with Crippen LogP contribution in [0.2, 0.25) is 0 Å². The molecule has 0 aromatic carbocycles. The fourth-order valence-electron chi connectivity index (χ4n) is 2.36. The summed E-state index contributed by atoms with van der Waals surface area (Å²) in [6, 6.07) is 3.92. The van der Waals surface area contributed by atoms with E-state index in [9.17, 15) is 0 Å². The maximum Gasteiger partial charge on any atom is 0.160 e. The molecule has 0 amide bonds. The van der Waals surface area contributed by atoms with Crippen LogP contribution in [0.4, 0.5) is 0 Å². The van der Waals surface area contributed by atoms with E-state index >= 15 is 0 Å². The standard InChI is InChI=1S/C13H17BrN4O/c14-10-1-2-12-16-17-13(18(12)9-10)5-8-19-11-3-6-15-7-4-11/h1-2,9,11,15H,3-8H2. The summed E-state index contributed by atoms with van der Waals surface area (Å²) in [5.74, 6) is 0.949. The Morgan fingerprint density at radius 1 is 1.32 bits per heavy atom. The van der Waals surface area contributed by atoms with E-state index in [1.54, 1.807) is 0 Å². The SMILES string of the molecule is Brc1ccc2nnc(CCOC3CCNCC3)n2c1. The molecule has 0 radical (unpaired) electrons. The number of fused-ring (bicyclic) bond motifs is 1. The molecule has 0 bridgehead atoms. The molecule has 19 heavy (non-hydrogen) atoms. The Kier molecular flexibility index (Phi) is 4.10. The first-order valence-electron chi connectivity index (χ1n) is 6.64. The van der Waals surface area contributed by atoms with Gasteiger partial charge in [-0.1, -0.05) is 0 Å². The first-order valence-corrected chi connectivity index (χ1v) is 7.44. The minimum absolute atomic E-state index is 0.396. The van der Waals surface area contributed by atoms with Crippen molar-refractivity contribution in [2.45, 2.75) is 25.4 Å². The lowest BCUT2D eigenvalue weighted by molar-refractivity contribution is 0.0341. The molecule has 1 N–H and O–H groups in total. The molecular weight excluding hydrogens is 308 g/mol. The molecule has 3 rings (SSSR count). The Bertz CT molecular complexity index is 551. The fraction of sp³-hybridized carbons (Fsp3) is 0.538. The Hall–Kier alpha value is -0.980. The number of halogens is 1. The maximum absolute atomic E-state index is 5.90. The average Bonchev–Trinajstić information content (AvgIpc) is 2.83. The second-order valence-electron chi connectivity index (χ2n) is 4.76. The van der Waals surface area contributed by atoms with E-state index in [1.807, 2.05) is 22.7 Å². The monoisotopic (exact) mass is 324 g/mol. The zero-order valence-corrected chi connectivity index (χ0v) is 12.3. The van der Waals surface area contributed by atoms with E-state index in [2.05, 4.69) is 31.4 Å². The Labute approximate surface area is 120 Å². The summed E-state index contributed by atoms with van der Waals surface area (Å²) in [5, 5.41) is 11.7. The van der Waals surface area contributed by atoms with Gasteiger partial charge in [0.2, 0.25) is 0 Å². The average molecular weight is 325 g/mol. The van der Waals surface area contributed by atoms with Crippen LogP contribution in [0.25, 0.3) is 5.65 Å². The predicted octanol–water partition coefficient (Wildman–Crippen LogP) is 1.80. The van der Waals surface area contributed by atoms with E-state index in [4.69, 9.17) is 4.74 Å². The lowest BCUT2D eigenvalue weighted by Crippen LogP contribution is -2.32. The van der Waals surface area contributed by atoms with Gasteiger partial charge < -0.3 is 10.1 Å². The number of nitrogens with one attached hydrogen (secondary N) is 1. The number of pyridine rings is 1. The van der Waals surface area contributed by atoms with Gasteiger partial charge in [0, 0.05) is 17.1 Å². The van der Waals surface area contributed by atoms with Crippen LogP contribution in [-0.4, -0.2) is 40.4 Å². The lowest BCUT2D eigenvalue weighted by atomic mass is 10.1. The third-order valence-electron chi connectivity index (χ3n) is 3.40. The summed E-state index contributed by atoms with van der Waals surface area (Å²) >= 11 is 3.47. The van der Waals surface area contributed by atoms with Gasteiger partial charge in [0.25, 0.3) is 0 Å².